The molecule has 3 aromatic heterocycles. The van der Waals surface area contributed by atoms with Crippen LogP contribution in [-0.4, -0.2) is 66.1 Å². The molecule has 2 aliphatic rings. The van der Waals surface area contributed by atoms with Gasteiger partial charge in [-0.2, -0.15) is 10.2 Å². The summed E-state index contributed by atoms with van der Waals surface area (Å²) >= 11 is 0. The molecule has 4 aromatic rings. The average molecular weight is 500 g/mol. The fourth-order valence-corrected chi connectivity index (χ4v) is 5.22. The Morgan fingerprint density at radius 3 is 2.68 bits per heavy atom. The highest BCUT2D eigenvalue weighted by molar-refractivity contribution is 5.97. The lowest BCUT2D eigenvalue weighted by Gasteiger charge is -2.48. The lowest BCUT2D eigenvalue weighted by Crippen LogP contribution is -2.64. The van der Waals surface area contributed by atoms with E-state index >= 15 is 0 Å². The zero-order valence-corrected chi connectivity index (χ0v) is 21.1. The minimum Gasteiger partial charge on any atom is -0.358 e. The second kappa shape index (κ2) is 8.81. The number of anilines is 1. The lowest BCUT2D eigenvalue weighted by molar-refractivity contribution is -0.170. The number of rotatable bonds is 5. The van der Waals surface area contributed by atoms with E-state index in [0.29, 0.717) is 25.2 Å². The second-order valence-corrected chi connectivity index (χ2v) is 10.2. The largest absolute Gasteiger partial charge is 0.358 e. The maximum absolute atomic E-state index is 13.0. The van der Waals surface area contributed by atoms with Gasteiger partial charge in [0, 0.05) is 47.8 Å². The molecule has 0 bridgehead atoms. The van der Waals surface area contributed by atoms with E-state index in [9.17, 15) is 9.59 Å². The van der Waals surface area contributed by atoms with Crippen molar-refractivity contribution in [2.75, 3.05) is 18.4 Å². The van der Waals surface area contributed by atoms with E-state index in [0.717, 1.165) is 34.0 Å². The summed E-state index contributed by atoms with van der Waals surface area (Å²) in [5.74, 6) is -0.154. The third-order valence-corrected chi connectivity index (χ3v) is 7.29. The predicted molar refractivity (Wildman–Crippen MR) is 138 cm³/mol. The van der Waals surface area contributed by atoms with Crippen LogP contribution in [0.5, 0.6) is 0 Å². The Morgan fingerprint density at radius 2 is 1.95 bits per heavy atom. The van der Waals surface area contributed by atoms with E-state index in [-0.39, 0.29) is 17.9 Å². The minimum atomic E-state index is -0.543. The van der Waals surface area contributed by atoms with Gasteiger partial charge in [0.05, 0.1) is 31.0 Å². The van der Waals surface area contributed by atoms with Crippen molar-refractivity contribution < 1.29 is 14.3 Å². The molecule has 2 atom stereocenters. The van der Waals surface area contributed by atoms with Crippen molar-refractivity contribution in [1.82, 2.24) is 29.4 Å². The summed E-state index contributed by atoms with van der Waals surface area (Å²) in [7, 11) is 1.88. The fraction of sp³-hybridized carbons (Fsp3) is 0.370. The maximum atomic E-state index is 13.0. The van der Waals surface area contributed by atoms with E-state index in [1.165, 1.54) is 0 Å². The summed E-state index contributed by atoms with van der Waals surface area (Å²) < 4.78 is 9.65. The SMILES string of the molecule is Cc1cnn(C(C)C(=O)N2CC3(CCC(C(=O)Nc4ccc5ncc(-c6cnn(C)c6)cc5c4)O3)C2)c1. The Balaban J connectivity index is 1.08. The number of nitrogens with zero attached hydrogens (tertiary/aromatic N) is 6. The Bertz CT molecular complexity index is 1500. The summed E-state index contributed by atoms with van der Waals surface area (Å²) in [6, 6.07) is 7.35. The highest BCUT2D eigenvalue weighted by Crippen LogP contribution is 2.39. The van der Waals surface area contributed by atoms with Crippen molar-refractivity contribution in [3.8, 4) is 11.1 Å². The van der Waals surface area contributed by atoms with Gasteiger partial charge in [-0.25, -0.2) is 0 Å². The second-order valence-electron chi connectivity index (χ2n) is 10.2. The van der Waals surface area contributed by atoms with Crippen LogP contribution in [0.2, 0.25) is 0 Å². The number of likely N-dealkylation sites (tertiary alicyclic amines) is 1. The number of carbonyl (C=O) groups is 2. The standard InChI is InChI=1S/C27H29N7O3/c1-17-10-30-34(13-17)18(2)26(36)33-15-27(16-33)7-6-24(37-27)25(35)31-22-4-5-23-19(9-22)8-20(11-28-23)21-12-29-32(3)14-21/h4-5,8-14,18,24H,6-7,15-16H2,1-3H3,(H,31,35). The maximum Gasteiger partial charge on any atom is 0.253 e. The molecule has 1 aromatic carbocycles. The molecule has 2 amide bonds. The molecule has 10 heteroatoms. The molecule has 0 radical (unpaired) electrons. The number of nitrogens with one attached hydrogen (secondary N) is 1. The summed E-state index contributed by atoms with van der Waals surface area (Å²) in [6.07, 6.45) is 10.0. The Hall–Kier alpha value is -4.05. The molecule has 10 nitrogen and oxygen atoms in total. The van der Waals surface area contributed by atoms with Crippen LogP contribution >= 0.6 is 0 Å². The van der Waals surface area contributed by atoms with Crippen LogP contribution in [0, 0.1) is 6.92 Å². The van der Waals surface area contributed by atoms with Crippen LogP contribution in [0.25, 0.3) is 22.0 Å². The van der Waals surface area contributed by atoms with Crippen molar-refractivity contribution in [2.24, 2.45) is 7.05 Å². The van der Waals surface area contributed by atoms with Gasteiger partial charge in [-0.3, -0.25) is 23.9 Å². The monoisotopic (exact) mass is 499 g/mol. The Kier molecular flexibility index (Phi) is 5.56. The molecule has 2 saturated heterocycles. The molecular formula is C27H29N7O3. The van der Waals surface area contributed by atoms with E-state index in [4.69, 9.17) is 4.74 Å². The minimum absolute atomic E-state index is 0.0145. The van der Waals surface area contributed by atoms with Crippen LogP contribution in [0.3, 0.4) is 0 Å². The van der Waals surface area contributed by atoms with Crippen molar-refractivity contribution in [1.29, 1.82) is 0 Å². The first kappa shape index (κ1) is 23.4. The number of ether oxygens (including phenoxy) is 1. The Morgan fingerprint density at radius 1 is 1.11 bits per heavy atom. The first-order chi connectivity index (χ1) is 17.8. The fourth-order valence-electron chi connectivity index (χ4n) is 5.22. The van der Waals surface area contributed by atoms with Gasteiger partial charge < -0.3 is 15.0 Å². The number of hydrogen-bond acceptors (Lipinski definition) is 6. The third-order valence-electron chi connectivity index (χ3n) is 7.29. The van der Waals surface area contributed by atoms with Crippen LogP contribution in [0.15, 0.2) is 55.2 Å². The summed E-state index contributed by atoms with van der Waals surface area (Å²) in [4.78, 5) is 32.2. The number of aromatic nitrogens is 5. The summed E-state index contributed by atoms with van der Waals surface area (Å²) in [5.41, 5.74) is 4.07. The first-order valence-electron chi connectivity index (χ1n) is 12.5. The normalized spacial score (nSPS) is 19.2. The van der Waals surface area contributed by atoms with Crippen LogP contribution in [0.1, 0.15) is 31.4 Å². The van der Waals surface area contributed by atoms with Crippen LogP contribution in [-0.2, 0) is 21.4 Å². The van der Waals surface area contributed by atoms with Gasteiger partial charge in [0.2, 0.25) is 5.91 Å². The number of hydrogen-bond donors (Lipinski definition) is 1. The van der Waals surface area contributed by atoms with Gasteiger partial charge >= 0.3 is 0 Å². The molecule has 190 valence electrons. The van der Waals surface area contributed by atoms with Crippen molar-refractivity contribution in [2.45, 2.75) is 44.4 Å². The summed E-state index contributed by atoms with van der Waals surface area (Å²) in [6.45, 7) is 4.80. The zero-order valence-electron chi connectivity index (χ0n) is 21.1. The predicted octanol–water partition coefficient (Wildman–Crippen LogP) is 3.10. The number of fused-ring (bicyclic) bond motifs is 1. The van der Waals surface area contributed by atoms with E-state index in [1.807, 2.05) is 63.8 Å². The smallest absolute Gasteiger partial charge is 0.253 e. The van der Waals surface area contributed by atoms with Crippen LogP contribution < -0.4 is 5.32 Å². The van der Waals surface area contributed by atoms with Gasteiger partial charge in [-0.1, -0.05) is 0 Å². The highest BCUT2D eigenvalue weighted by Gasteiger charge is 2.53. The Labute approximate surface area is 214 Å². The number of carbonyl (C=O) groups excluding carboxylic acids is 2. The molecule has 2 unspecified atom stereocenters. The summed E-state index contributed by atoms with van der Waals surface area (Å²) in [5, 5.41) is 12.4. The molecule has 6 rings (SSSR count). The van der Waals surface area contributed by atoms with Gasteiger partial charge in [-0.05, 0) is 56.5 Å². The van der Waals surface area contributed by atoms with E-state index < -0.39 is 11.7 Å². The highest BCUT2D eigenvalue weighted by atomic mass is 16.5. The van der Waals surface area contributed by atoms with Crippen LogP contribution in [0.4, 0.5) is 5.69 Å². The molecule has 5 heterocycles. The number of amides is 2. The number of pyridine rings is 1. The zero-order chi connectivity index (χ0) is 25.7. The molecule has 1 spiro atoms. The molecule has 0 aliphatic carbocycles. The lowest BCUT2D eigenvalue weighted by atomic mass is 9.90. The van der Waals surface area contributed by atoms with Gasteiger partial charge in [0.15, 0.2) is 0 Å². The van der Waals surface area contributed by atoms with Crippen molar-refractivity contribution in [3.05, 3.63) is 60.8 Å². The van der Waals surface area contributed by atoms with Gasteiger partial charge in [0.25, 0.3) is 5.91 Å². The van der Waals surface area contributed by atoms with Gasteiger partial charge in [-0.15, -0.1) is 0 Å². The topological polar surface area (TPSA) is 107 Å². The molecule has 2 fully saturated rings. The number of aryl methyl sites for hydroxylation is 2. The number of benzene rings is 1. The van der Waals surface area contributed by atoms with Crippen molar-refractivity contribution >= 4 is 28.4 Å². The average Bonchev–Trinajstić information content (AvgIpc) is 3.61. The first-order valence-corrected chi connectivity index (χ1v) is 12.5. The van der Waals surface area contributed by atoms with E-state index in [2.05, 4.69) is 20.5 Å². The molecule has 1 N–H and O–H groups in total. The van der Waals surface area contributed by atoms with E-state index in [1.54, 1.807) is 26.7 Å². The molecular weight excluding hydrogens is 470 g/mol. The van der Waals surface area contributed by atoms with Gasteiger partial charge in [0.1, 0.15) is 17.7 Å². The third kappa shape index (κ3) is 4.37. The quantitative estimate of drug-likeness (QED) is 0.452. The van der Waals surface area contributed by atoms with Crippen molar-refractivity contribution in [3.63, 3.8) is 0 Å². The molecule has 2 aliphatic heterocycles. The molecule has 37 heavy (non-hydrogen) atoms. The molecule has 0 saturated carbocycles.